The van der Waals surface area contributed by atoms with E-state index >= 15 is 0 Å². The first-order valence-electron chi connectivity index (χ1n) is 6.33. The fourth-order valence-electron chi connectivity index (χ4n) is 1.53. The van der Waals surface area contributed by atoms with Crippen molar-refractivity contribution in [2.45, 2.75) is 13.8 Å². The summed E-state index contributed by atoms with van der Waals surface area (Å²) in [5.74, 6) is -0.299. The maximum absolute atomic E-state index is 11.2. The van der Waals surface area contributed by atoms with E-state index in [1.54, 1.807) is 6.92 Å². The Morgan fingerprint density at radius 1 is 1.26 bits per heavy atom. The minimum absolute atomic E-state index is 0.299. The zero-order valence-corrected chi connectivity index (χ0v) is 12.0. The predicted octanol–water partition coefficient (Wildman–Crippen LogP) is 3.28. The Kier molecular flexibility index (Phi) is 5.86. The molecule has 0 aliphatic carbocycles. The smallest absolute Gasteiger partial charge is 0.330 e. The quantitative estimate of drug-likeness (QED) is 0.462. The van der Waals surface area contributed by atoms with Gasteiger partial charge in [0.15, 0.2) is 0 Å². The van der Waals surface area contributed by atoms with Gasteiger partial charge in [-0.1, -0.05) is 24.3 Å². The van der Waals surface area contributed by atoms with Crippen LogP contribution in [0.15, 0.2) is 42.0 Å². The third kappa shape index (κ3) is 5.42. The Balaban J connectivity index is 2.68. The molecule has 0 amide bonds. The minimum atomic E-state index is -0.299. The Morgan fingerprint density at radius 2 is 1.89 bits per heavy atom. The van der Waals surface area contributed by atoms with Crippen LogP contribution in [0.1, 0.15) is 19.4 Å². The summed E-state index contributed by atoms with van der Waals surface area (Å²) < 4.78 is 4.85. The number of nitrogens with zero attached hydrogens (tertiary/aromatic N) is 1. The lowest BCUT2D eigenvalue weighted by molar-refractivity contribution is -0.137. The highest BCUT2D eigenvalue weighted by molar-refractivity contribution is 5.83. The number of carbonyl (C=O) groups excluding carboxylic acids is 1. The van der Waals surface area contributed by atoms with Crippen molar-refractivity contribution in [3.05, 3.63) is 47.6 Å². The normalized spacial score (nSPS) is 11.7. The lowest BCUT2D eigenvalue weighted by atomic mass is 10.1. The number of hydrogen-bond donors (Lipinski definition) is 0. The van der Waals surface area contributed by atoms with Crippen LogP contribution < -0.4 is 4.90 Å². The molecule has 0 aliphatic heterocycles. The number of esters is 1. The van der Waals surface area contributed by atoms with Crippen LogP contribution in [0.5, 0.6) is 0 Å². The van der Waals surface area contributed by atoms with Gasteiger partial charge in [0, 0.05) is 25.9 Å². The molecule has 3 nitrogen and oxygen atoms in total. The standard InChI is InChI=1S/C16H21NO2/c1-5-19-16(18)12-13(2)6-7-14-8-10-15(11-9-14)17(3)4/h6-12H,5H2,1-4H3/b7-6+,13-12+. The number of carbonyl (C=O) groups is 1. The minimum Gasteiger partial charge on any atom is -0.463 e. The van der Waals surface area contributed by atoms with Gasteiger partial charge in [-0.05, 0) is 37.1 Å². The number of anilines is 1. The van der Waals surface area contributed by atoms with Gasteiger partial charge in [0.25, 0.3) is 0 Å². The number of benzene rings is 1. The van der Waals surface area contributed by atoms with E-state index in [2.05, 4.69) is 17.0 Å². The van der Waals surface area contributed by atoms with Gasteiger partial charge in [-0.25, -0.2) is 4.79 Å². The molecule has 0 fully saturated rings. The molecule has 0 unspecified atom stereocenters. The maximum atomic E-state index is 11.2. The summed E-state index contributed by atoms with van der Waals surface area (Å²) in [4.78, 5) is 13.3. The van der Waals surface area contributed by atoms with Crippen molar-refractivity contribution in [1.29, 1.82) is 0 Å². The second-order valence-electron chi connectivity index (χ2n) is 4.46. The molecule has 1 aromatic carbocycles. The average Bonchev–Trinajstić information content (AvgIpc) is 2.37. The Hall–Kier alpha value is -2.03. The largest absolute Gasteiger partial charge is 0.463 e. The molecule has 0 aromatic heterocycles. The van der Waals surface area contributed by atoms with Gasteiger partial charge in [0.2, 0.25) is 0 Å². The molecule has 0 bridgehead atoms. The summed E-state index contributed by atoms with van der Waals surface area (Å²) in [6.07, 6.45) is 5.38. The lowest BCUT2D eigenvalue weighted by Gasteiger charge is -2.11. The van der Waals surface area contributed by atoms with Crippen LogP contribution in [0.3, 0.4) is 0 Å². The van der Waals surface area contributed by atoms with Crippen LogP contribution in [0, 0.1) is 0 Å². The molecular weight excluding hydrogens is 238 g/mol. The van der Waals surface area contributed by atoms with E-state index < -0.39 is 0 Å². The molecule has 0 aliphatic rings. The van der Waals surface area contributed by atoms with Crippen molar-refractivity contribution in [1.82, 2.24) is 0 Å². The Morgan fingerprint density at radius 3 is 2.42 bits per heavy atom. The molecule has 0 spiro atoms. The lowest BCUT2D eigenvalue weighted by Crippen LogP contribution is -2.07. The average molecular weight is 259 g/mol. The second-order valence-corrected chi connectivity index (χ2v) is 4.46. The molecular formula is C16H21NO2. The SMILES string of the molecule is CCOC(=O)/C=C(C)/C=C/c1ccc(N(C)C)cc1. The highest BCUT2D eigenvalue weighted by Gasteiger charge is 1.96. The van der Waals surface area contributed by atoms with Gasteiger partial charge >= 0.3 is 5.97 Å². The molecule has 19 heavy (non-hydrogen) atoms. The summed E-state index contributed by atoms with van der Waals surface area (Å²) >= 11 is 0. The first kappa shape index (κ1) is 15.0. The number of allylic oxidation sites excluding steroid dienone is 2. The topological polar surface area (TPSA) is 29.5 Å². The molecule has 0 radical (unpaired) electrons. The van der Waals surface area contributed by atoms with Crippen molar-refractivity contribution in [3.8, 4) is 0 Å². The van der Waals surface area contributed by atoms with Crippen LogP contribution >= 0.6 is 0 Å². The zero-order valence-electron chi connectivity index (χ0n) is 12.0. The molecule has 0 N–H and O–H groups in total. The fraction of sp³-hybridized carbons (Fsp3) is 0.312. The van der Waals surface area contributed by atoms with Crippen molar-refractivity contribution in [2.24, 2.45) is 0 Å². The first-order valence-corrected chi connectivity index (χ1v) is 6.33. The number of hydrogen-bond acceptors (Lipinski definition) is 3. The summed E-state index contributed by atoms with van der Waals surface area (Å²) in [6.45, 7) is 4.07. The molecule has 0 heterocycles. The van der Waals surface area contributed by atoms with Crippen LogP contribution in [-0.4, -0.2) is 26.7 Å². The van der Waals surface area contributed by atoms with E-state index in [4.69, 9.17) is 4.74 Å². The molecule has 0 saturated carbocycles. The van der Waals surface area contributed by atoms with Crippen LogP contribution in [0.4, 0.5) is 5.69 Å². The third-order valence-electron chi connectivity index (χ3n) is 2.58. The van der Waals surface area contributed by atoms with Crippen LogP contribution in [0.25, 0.3) is 6.08 Å². The van der Waals surface area contributed by atoms with Gasteiger partial charge in [-0.2, -0.15) is 0 Å². The highest BCUT2D eigenvalue weighted by Crippen LogP contribution is 2.13. The monoisotopic (exact) mass is 259 g/mol. The zero-order chi connectivity index (χ0) is 14.3. The molecule has 1 rings (SSSR count). The molecule has 0 saturated heterocycles. The maximum Gasteiger partial charge on any atom is 0.330 e. The highest BCUT2D eigenvalue weighted by atomic mass is 16.5. The molecule has 1 aromatic rings. The third-order valence-corrected chi connectivity index (χ3v) is 2.58. The molecule has 0 atom stereocenters. The van der Waals surface area contributed by atoms with E-state index in [0.29, 0.717) is 6.61 Å². The van der Waals surface area contributed by atoms with Crippen molar-refractivity contribution in [3.63, 3.8) is 0 Å². The van der Waals surface area contributed by atoms with E-state index in [9.17, 15) is 4.79 Å². The van der Waals surface area contributed by atoms with E-state index in [1.165, 1.54) is 6.08 Å². The number of ether oxygens (including phenoxy) is 1. The molecule has 3 heteroatoms. The van der Waals surface area contributed by atoms with Crippen LogP contribution in [-0.2, 0) is 9.53 Å². The van der Waals surface area contributed by atoms with Gasteiger partial charge < -0.3 is 9.64 Å². The first-order chi connectivity index (χ1) is 9.02. The van der Waals surface area contributed by atoms with Gasteiger partial charge in [0.05, 0.1) is 6.61 Å². The van der Waals surface area contributed by atoms with E-state index in [0.717, 1.165) is 16.8 Å². The summed E-state index contributed by atoms with van der Waals surface area (Å²) in [5.41, 5.74) is 3.13. The predicted molar refractivity (Wildman–Crippen MR) is 80.2 cm³/mol. The van der Waals surface area contributed by atoms with Gasteiger partial charge in [-0.3, -0.25) is 0 Å². The van der Waals surface area contributed by atoms with Crippen molar-refractivity contribution >= 4 is 17.7 Å². The summed E-state index contributed by atoms with van der Waals surface area (Å²) in [7, 11) is 4.02. The molecule has 102 valence electrons. The Labute approximate surface area is 115 Å². The van der Waals surface area contributed by atoms with Crippen LogP contribution in [0.2, 0.25) is 0 Å². The van der Waals surface area contributed by atoms with E-state index in [1.807, 2.05) is 45.3 Å². The van der Waals surface area contributed by atoms with Crippen molar-refractivity contribution < 1.29 is 9.53 Å². The van der Waals surface area contributed by atoms with E-state index in [-0.39, 0.29) is 5.97 Å². The number of rotatable bonds is 5. The fourth-order valence-corrected chi connectivity index (χ4v) is 1.53. The summed E-state index contributed by atoms with van der Waals surface area (Å²) in [5, 5.41) is 0. The summed E-state index contributed by atoms with van der Waals surface area (Å²) in [6, 6.07) is 8.21. The van der Waals surface area contributed by atoms with Gasteiger partial charge in [0.1, 0.15) is 0 Å². The van der Waals surface area contributed by atoms with Gasteiger partial charge in [-0.15, -0.1) is 0 Å². The second kappa shape index (κ2) is 7.41. The Bertz CT molecular complexity index is 470. The van der Waals surface area contributed by atoms with Crippen molar-refractivity contribution in [2.75, 3.05) is 25.6 Å².